The van der Waals surface area contributed by atoms with Crippen molar-refractivity contribution >= 4 is 11.3 Å². The van der Waals surface area contributed by atoms with E-state index in [4.69, 9.17) is 4.42 Å². The molecule has 2 aromatic rings. The summed E-state index contributed by atoms with van der Waals surface area (Å²) in [7, 11) is 0. The molecular weight excluding hydrogens is 194 g/mol. The van der Waals surface area contributed by atoms with Crippen LogP contribution in [-0.2, 0) is 6.42 Å². The lowest BCUT2D eigenvalue weighted by molar-refractivity contribution is 0.535. The molecule has 2 rings (SSSR count). The van der Waals surface area contributed by atoms with E-state index in [1.165, 1.54) is 5.69 Å². The summed E-state index contributed by atoms with van der Waals surface area (Å²) in [5.41, 5.74) is 2.31. The standard InChI is InChI=1S/C11H13NOS/c1-3-4-9-7-14-11(12-9)10-5-6-13-8(10)2/h5-7H,3-4H2,1-2H3. The van der Waals surface area contributed by atoms with E-state index in [-0.39, 0.29) is 0 Å². The normalized spacial score (nSPS) is 10.7. The zero-order valence-electron chi connectivity index (χ0n) is 8.41. The fourth-order valence-corrected chi connectivity index (χ4v) is 2.34. The predicted molar refractivity (Wildman–Crippen MR) is 58.5 cm³/mol. The highest BCUT2D eigenvalue weighted by Gasteiger charge is 2.08. The molecule has 14 heavy (non-hydrogen) atoms. The van der Waals surface area contributed by atoms with Crippen molar-refractivity contribution in [1.82, 2.24) is 4.98 Å². The van der Waals surface area contributed by atoms with Gasteiger partial charge in [-0.1, -0.05) is 13.3 Å². The van der Waals surface area contributed by atoms with Gasteiger partial charge in [0.15, 0.2) is 0 Å². The van der Waals surface area contributed by atoms with Crippen LogP contribution in [0, 0.1) is 6.92 Å². The Bertz CT molecular complexity index is 416. The first kappa shape index (κ1) is 9.46. The Kier molecular flexibility index (Phi) is 2.68. The lowest BCUT2D eigenvalue weighted by atomic mass is 10.2. The first-order valence-electron chi connectivity index (χ1n) is 4.80. The summed E-state index contributed by atoms with van der Waals surface area (Å²) in [4.78, 5) is 4.56. The van der Waals surface area contributed by atoms with E-state index < -0.39 is 0 Å². The summed E-state index contributed by atoms with van der Waals surface area (Å²) in [5.74, 6) is 0.947. The highest BCUT2D eigenvalue weighted by atomic mass is 32.1. The molecule has 2 nitrogen and oxygen atoms in total. The van der Waals surface area contributed by atoms with E-state index >= 15 is 0 Å². The van der Waals surface area contributed by atoms with Gasteiger partial charge in [0.2, 0.25) is 0 Å². The zero-order chi connectivity index (χ0) is 9.97. The molecule has 2 heterocycles. The molecule has 0 aliphatic heterocycles. The van der Waals surface area contributed by atoms with Crippen LogP contribution in [0.1, 0.15) is 24.8 Å². The molecule has 74 valence electrons. The van der Waals surface area contributed by atoms with Crippen molar-refractivity contribution in [1.29, 1.82) is 0 Å². The van der Waals surface area contributed by atoms with Crippen LogP contribution in [0.3, 0.4) is 0 Å². The second-order valence-electron chi connectivity index (χ2n) is 3.28. The van der Waals surface area contributed by atoms with E-state index in [9.17, 15) is 0 Å². The molecule has 0 bridgehead atoms. The van der Waals surface area contributed by atoms with Crippen LogP contribution in [0.25, 0.3) is 10.6 Å². The molecule has 0 aromatic carbocycles. The third-order valence-electron chi connectivity index (χ3n) is 2.15. The maximum Gasteiger partial charge on any atom is 0.127 e. The number of thiazole rings is 1. The molecule has 0 N–H and O–H groups in total. The molecule has 0 amide bonds. The number of aromatic nitrogens is 1. The lowest BCUT2D eigenvalue weighted by Gasteiger charge is -1.91. The lowest BCUT2D eigenvalue weighted by Crippen LogP contribution is -1.82. The molecule has 0 radical (unpaired) electrons. The van der Waals surface area contributed by atoms with Crippen LogP contribution in [-0.4, -0.2) is 4.98 Å². The van der Waals surface area contributed by atoms with Gasteiger partial charge in [0.1, 0.15) is 10.8 Å². The molecule has 0 saturated heterocycles. The molecule has 0 aliphatic carbocycles. The number of nitrogens with zero attached hydrogens (tertiary/aromatic N) is 1. The summed E-state index contributed by atoms with van der Waals surface area (Å²) in [5, 5.41) is 3.20. The van der Waals surface area contributed by atoms with Gasteiger partial charge in [-0.05, 0) is 19.4 Å². The highest BCUT2D eigenvalue weighted by Crippen LogP contribution is 2.27. The van der Waals surface area contributed by atoms with E-state index in [0.29, 0.717) is 0 Å². The number of rotatable bonds is 3. The Hall–Kier alpha value is -1.09. The summed E-state index contributed by atoms with van der Waals surface area (Å²) >= 11 is 1.69. The van der Waals surface area contributed by atoms with Gasteiger partial charge in [-0.2, -0.15) is 0 Å². The number of hydrogen-bond acceptors (Lipinski definition) is 3. The fraction of sp³-hybridized carbons (Fsp3) is 0.364. The van der Waals surface area contributed by atoms with Gasteiger partial charge in [-0.25, -0.2) is 4.98 Å². The Labute approximate surface area is 87.6 Å². The molecule has 2 aromatic heterocycles. The van der Waals surface area contributed by atoms with Crippen LogP contribution in [0.4, 0.5) is 0 Å². The minimum atomic E-state index is 0.947. The quantitative estimate of drug-likeness (QED) is 0.767. The molecular formula is C11H13NOS. The predicted octanol–water partition coefficient (Wildman–Crippen LogP) is 3.66. The minimum Gasteiger partial charge on any atom is -0.469 e. The SMILES string of the molecule is CCCc1csc(-c2ccoc2C)n1. The first-order chi connectivity index (χ1) is 6.81. The van der Waals surface area contributed by atoms with Crippen LogP contribution in [0.2, 0.25) is 0 Å². The summed E-state index contributed by atoms with van der Waals surface area (Å²) in [6.07, 6.45) is 3.92. The van der Waals surface area contributed by atoms with Crippen molar-refractivity contribution in [2.45, 2.75) is 26.7 Å². The molecule has 3 heteroatoms. The van der Waals surface area contributed by atoms with Gasteiger partial charge in [-0.3, -0.25) is 0 Å². The second-order valence-corrected chi connectivity index (χ2v) is 4.14. The van der Waals surface area contributed by atoms with E-state index in [1.54, 1.807) is 17.6 Å². The Balaban J connectivity index is 2.29. The Morgan fingerprint density at radius 1 is 1.50 bits per heavy atom. The van der Waals surface area contributed by atoms with Crippen molar-refractivity contribution in [3.8, 4) is 10.6 Å². The van der Waals surface area contributed by atoms with Crippen LogP contribution in [0.5, 0.6) is 0 Å². The van der Waals surface area contributed by atoms with E-state index in [1.807, 2.05) is 13.0 Å². The van der Waals surface area contributed by atoms with Crippen molar-refractivity contribution in [2.75, 3.05) is 0 Å². The van der Waals surface area contributed by atoms with Crippen LogP contribution >= 0.6 is 11.3 Å². The maximum absolute atomic E-state index is 5.25. The first-order valence-corrected chi connectivity index (χ1v) is 5.68. The number of aryl methyl sites for hydroxylation is 2. The fourth-order valence-electron chi connectivity index (χ4n) is 1.41. The average Bonchev–Trinajstić information content (AvgIpc) is 2.74. The molecule has 0 atom stereocenters. The van der Waals surface area contributed by atoms with Gasteiger partial charge in [-0.15, -0.1) is 11.3 Å². The van der Waals surface area contributed by atoms with Crippen LogP contribution < -0.4 is 0 Å². The molecule has 0 aliphatic rings. The topological polar surface area (TPSA) is 26.0 Å². The minimum absolute atomic E-state index is 0.947. The molecule has 0 fully saturated rings. The van der Waals surface area contributed by atoms with E-state index in [2.05, 4.69) is 17.3 Å². The summed E-state index contributed by atoms with van der Waals surface area (Å²) in [6.45, 7) is 4.14. The molecule has 0 spiro atoms. The zero-order valence-corrected chi connectivity index (χ0v) is 9.23. The Morgan fingerprint density at radius 2 is 2.36 bits per heavy atom. The van der Waals surface area contributed by atoms with Crippen LogP contribution in [0.15, 0.2) is 22.1 Å². The third kappa shape index (κ3) is 1.73. The highest BCUT2D eigenvalue weighted by molar-refractivity contribution is 7.13. The van der Waals surface area contributed by atoms with E-state index in [0.717, 1.165) is 29.2 Å². The van der Waals surface area contributed by atoms with Crippen molar-refractivity contribution < 1.29 is 4.42 Å². The second kappa shape index (κ2) is 3.96. The van der Waals surface area contributed by atoms with Gasteiger partial charge in [0.25, 0.3) is 0 Å². The molecule has 0 saturated carbocycles. The van der Waals surface area contributed by atoms with Crippen molar-refractivity contribution in [2.24, 2.45) is 0 Å². The third-order valence-corrected chi connectivity index (χ3v) is 3.07. The largest absolute Gasteiger partial charge is 0.469 e. The number of furan rings is 1. The monoisotopic (exact) mass is 207 g/mol. The van der Waals surface area contributed by atoms with Gasteiger partial charge in [0, 0.05) is 5.38 Å². The summed E-state index contributed by atoms with van der Waals surface area (Å²) < 4.78 is 5.25. The van der Waals surface area contributed by atoms with Gasteiger partial charge in [0.05, 0.1) is 17.5 Å². The Morgan fingerprint density at radius 3 is 3.00 bits per heavy atom. The van der Waals surface area contributed by atoms with Crippen molar-refractivity contribution in [3.05, 3.63) is 29.2 Å². The van der Waals surface area contributed by atoms with Gasteiger partial charge < -0.3 is 4.42 Å². The van der Waals surface area contributed by atoms with Gasteiger partial charge >= 0.3 is 0 Å². The number of hydrogen-bond donors (Lipinski definition) is 0. The molecule has 0 unspecified atom stereocenters. The summed E-state index contributed by atoms with van der Waals surface area (Å²) in [6, 6.07) is 1.98. The maximum atomic E-state index is 5.25. The smallest absolute Gasteiger partial charge is 0.127 e. The average molecular weight is 207 g/mol. The van der Waals surface area contributed by atoms with Crippen molar-refractivity contribution in [3.63, 3.8) is 0 Å².